The highest BCUT2D eigenvalue weighted by Gasteiger charge is 2.21. The number of para-hydroxylation sites is 1. The summed E-state index contributed by atoms with van der Waals surface area (Å²) in [6.07, 6.45) is 2.01. The summed E-state index contributed by atoms with van der Waals surface area (Å²) in [7, 11) is 0. The number of amides is 2. The maximum atomic E-state index is 13.0. The molecule has 5 nitrogen and oxygen atoms in total. The van der Waals surface area contributed by atoms with E-state index in [-0.39, 0.29) is 29.3 Å². The molecule has 4 aromatic rings. The summed E-state index contributed by atoms with van der Waals surface area (Å²) >= 11 is 1.26. The Kier molecular flexibility index (Phi) is 7.65. The molecule has 1 aromatic heterocycles. The zero-order valence-electron chi connectivity index (χ0n) is 18.8. The van der Waals surface area contributed by atoms with Gasteiger partial charge in [-0.3, -0.25) is 9.59 Å². The van der Waals surface area contributed by atoms with Crippen LogP contribution in [0.25, 0.3) is 10.9 Å². The SMILES string of the molecule is CC(SCC(=O)Nc1ccc(F)cc1)C(=O)NCC(c1ccccc1)c1c[nH]c2ccccc12. The lowest BCUT2D eigenvalue weighted by molar-refractivity contribution is -0.120. The average Bonchev–Trinajstić information content (AvgIpc) is 3.28. The predicted octanol–water partition coefficient (Wildman–Crippen LogP) is 5.32. The van der Waals surface area contributed by atoms with Gasteiger partial charge in [0.25, 0.3) is 0 Å². The molecule has 2 atom stereocenters. The van der Waals surface area contributed by atoms with E-state index in [4.69, 9.17) is 0 Å². The van der Waals surface area contributed by atoms with Crippen LogP contribution >= 0.6 is 11.8 Å². The van der Waals surface area contributed by atoms with E-state index in [2.05, 4.69) is 33.8 Å². The van der Waals surface area contributed by atoms with Gasteiger partial charge in [0.1, 0.15) is 5.82 Å². The molecule has 0 aliphatic rings. The van der Waals surface area contributed by atoms with E-state index in [1.54, 1.807) is 6.92 Å². The van der Waals surface area contributed by atoms with E-state index in [1.165, 1.54) is 36.0 Å². The zero-order chi connectivity index (χ0) is 23.9. The molecule has 0 saturated carbocycles. The van der Waals surface area contributed by atoms with Crippen LogP contribution in [0.4, 0.5) is 10.1 Å². The van der Waals surface area contributed by atoms with E-state index in [0.717, 1.165) is 22.0 Å². The number of carbonyl (C=O) groups excluding carboxylic acids is 2. The van der Waals surface area contributed by atoms with Gasteiger partial charge in [0.2, 0.25) is 11.8 Å². The smallest absolute Gasteiger partial charge is 0.234 e. The first-order valence-corrected chi connectivity index (χ1v) is 12.1. The van der Waals surface area contributed by atoms with Gasteiger partial charge in [0.15, 0.2) is 0 Å². The van der Waals surface area contributed by atoms with Crippen LogP contribution in [0.3, 0.4) is 0 Å². The number of thioether (sulfide) groups is 1. The normalized spacial score (nSPS) is 12.8. The molecule has 3 aromatic carbocycles. The predicted molar refractivity (Wildman–Crippen MR) is 137 cm³/mol. The number of H-pyrrole nitrogens is 1. The second-order valence-corrected chi connectivity index (χ2v) is 9.34. The molecule has 0 bridgehead atoms. The van der Waals surface area contributed by atoms with Gasteiger partial charge in [-0.15, -0.1) is 11.8 Å². The minimum absolute atomic E-state index is 0.0136. The van der Waals surface area contributed by atoms with Gasteiger partial charge in [0, 0.05) is 35.2 Å². The topological polar surface area (TPSA) is 74.0 Å². The van der Waals surface area contributed by atoms with Crippen LogP contribution in [0, 0.1) is 5.82 Å². The number of fused-ring (bicyclic) bond motifs is 1. The first-order chi connectivity index (χ1) is 16.5. The summed E-state index contributed by atoms with van der Waals surface area (Å²) in [4.78, 5) is 28.3. The molecule has 0 fully saturated rings. The van der Waals surface area contributed by atoms with Crippen molar-refractivity contribution in [2.24, 2.45) is 0 Å². The van der Waals surface area contributed by atoms with Crippen LogP contribution in [0.15, 0.2) is 85.1 Å². The third kappa shape index (κ3) is 5.85. The average molecular weight is 476 g/mol. The van der Waals surface area contributed by atoms with Crippen LogP contribution in [0.2, 0.25) is 0 Å². The van der Waals surface area contributed by atoms with Crippen LogP contribution in [0.5, 0.6) is 0 Å². The summed E-state index contributed by atoms with van der Waals surface area (Å²) < 4.78 is 13.0. The lowest BCUT2D eigenvalue weighted by atomic mass is 9.91. The molecule has 174 valence electrons. The van der Waals surface area contributed by atoms with Gasteiger partial charge >= 0.3 is 0 Å². The molecule has 0 aliphatic heterocycles. The lowest BCUT2D eigenvalue weighted by Crippen LogP contribution is -2.35. The highest BCUT2D eigenvalue weighted by Crippen LogP contribution is 2.30. The van der Waals surface area contributed by atoms with Crippen molar-refractivity contribution in [1.29, 1.82) is 0 Å². The first kappa shape index (κ1) is 23.6. The standard InChI is InChI=1S/C27H26FN3O2S/c1-18(34-17-26(32)31-21-13-11-20(28)12-14-21)27(33)30-15-23(19-7-3-2-4-8-19)24-16-29-25-10-6-5-9-22(24)25/h2-14,16,18,23,29H,15,17H2,1H3,(H,30,33)(H,31,32). The molecule has 34 heavy (non-hydrogen) atoms. The molecule has 2 unspecified atom stereocenters. The van der Waals surface area contributed by atoms with Crippen LogP contribution in [-0.4, -0.2) is 34.3 Å². The van der Waals surface area contributed by atoms with E-state index in [9.17, 15) is 14.0 Å². The Balaban J connectivity index is 1.37. The number of halogens is 1. The van der Waals surface area contributed by atoms with Crippen molar-refractivity contribution in [3.05, 3.63) is 102 Å². The molecular formula is C27H26FN3O2S. The molecule has 7 heteroatoms. The number of aromatic amines is 1. The fourth-order valence-corrected chi connectivity index (χ4v) is 4.54. The molecule has 0 saturated heterocycles. The van der Waals surface area contributed by atoms with Gasteiger partial charge in [0.05, 0.1) is 11.0 Å². The number of nitrogens with one attached hydrogen (secondary N) is 3. The Bertz CT molecular complexity index is 1260. The van der Waals surface area contributed by atoms with E-state index in [0.29, 0.717) is 12.2 Å². The van der Waals surface area contributed by atoms with Crippen LogP contribution in [-0.2, 0) is 9.59 Å². The van der Waals surface area contributed by atoms with Gasteiger partial charge < -0.3 is 15.6 Å². The number of carbonyl (C=O) groups is 2. The maximum Gasteiger partial charge on any atom is 0.234 e. The highest BCUT2D eigenvalue weighted by atomic mass is 32.2. The van der Waals surface area contributed by atoms with Crippen molar-refractivity contribution in [2.75, 3.05) is 17.6 Å². The van der Waals surface area contributed by atoms with Crippen molar-refractivity contribution in [3.63, 3.8) is 0 Å². The second-order valence-electron chi connectivity index (χ2n) is 8.01. The van der Waals surface area contributed by atoms with Crippen molar-refractivity contribution in [1.82, 2.24) is 10.3 Å². The molecule has 0 radical (unpaired) electrons. The molecule has 2 amide bonds. The van der Waals surface area contributed by atoms with Crippen molar-refractivity contribution in [3.8, 4) is 0 Å². The quantitative estimate of drug-likeness (QED) is 0.307. The minimum Gasteiger partial charge on any atom is -0.361 e. The monoisotopic (exact) mass is 475 g/mol. The minimum atomic E-state index is -0.404. The van der Waals surface area contributed by atoms with E-state index in [1.807, 2.05) is 42.6 Å². The Hall–Kier alpha value is -3.58. The largest absolute Gasteiger partial charge is 0.361 e. The van der Waals surface area contributed by atoms with E-state index < -0.39 is 5.25 Å². The number of rotatable bonds is 9. The highest BCUT2D eigenvalue weighted by molar-refractivity contribution is 8.01. The summed E-state index contributed by atoms with van der Waals surface area (Å²) in [5.41, 5.74) is 3.82. The van der Waals surface area contributed by atoms with Gasteiger partial charge in [-0.2, -0.15) is 0 Å². The van der Waals surface area contributed by atoms with Crippen molar-refractivity contribution in [2.45, 2.75) is 18.1 Å². The van der Waals surface area contributed by atoms with Crippen LogP contribution < -0.4 is 10.6 Å². The zero-order valence-corrected chi connectivity index (χ0v) is 19.6. The fourth-order valence-electron chi connectivity index (χ4n) is 3.83. The Morgan fingerprint density at radius 2 is 1.68 bits per heavy atom. The number of aromatic nitrogens is 1. The fraction of sp³-hybridized carbons (Fsp3) is 0.185. The number of anilines is 1. The Morgan fingerprint density at radius 1 is 0.971 bits per heavy atom. The Morgan fingerprint density at radius 3 is 2.44 bits per heavy atom. The summed E-state index contributed by atoms with van der Waals surface area (Å²) in [6.45, 7) is 2.23. The molecule has 4 rings (SSSR count). The Labute approximate surface area is 202 Å². The van der Waals surface area contributed by atoms with Gasteiger partial charge in [-0.25, -0.2) is 4.39 Å². The first-order valence-electron chi connectivity index (χ1n) is 11.1. The summed E-state index contributed by atoms with van der Waals surface area (Å²) in [6, 6.07) is 23.8. The molecule has 0 spiro atoms. The number of benzene rings is 3. The number of hydrogen-bond acceptors (Lipinski definition) is 3. The third-order valence-corrected chi connectivity index (χ3v) is 6.78. The number of hydrogen-bond donors (Lipinski definition) is 3. The van der Waals surface area contributed by atoms with Gasteiger partial charge in [-0.1, -0.05) is 48.5 Å². The third-order valence-electron chi connectivity index (χ3n) is 5.64. The molecule has 0 aliphatic carbocycles. The van der Waals surface area contributed by atoms with Gasteiger partial charge in [-0.05, 0) is 48.4 Å². The van der Waals surface area contributed by atoms with Crippen molar-refractivity contribution < 1.29 is 14.0 Å². The molecule has 3 N–H and O–H groups in total. The molecule has 1 heterocycles. The second kappa shape index (κ2) is 11.0. The van der Waals surface area contributed by atoms with E-state index >= 15 is 0 Å². The summed E-state index contributed by atoms with van der Waals surface area (Å²) in [5.74, 6) is -0.617. The molecular weight excluding hydrogens is 449 g/mol. The maximum absolute atomic E-state index is 13.0. The summed E-state index contributed by atoms with van der Waals surface area (Å²) in [5, 5.41) is 6.50. The lowest BCUT2D eigenvalue weighted by Gasteiger charge is -2.20. The van der Waals surface area contributed by atoms with Crippen LogP contribution in [0.1, 0.15) is 24.0 Å². The van der Waals surface area contributed by atoms with Crippen molar-refractivity contribution >= 4 is 40.2 Å².